The highest BCUT2D eigenvalue weighted by molar-refractivity contribution is 6.12. The molecular formula is C16H17N3O3. The molecule has 114 valence electrons. The molecule has 22 heavy (non-hydrogen) atoms. The highest BCUT2D eigenvalue weighted by Gasteiger charge is 2.16. The summed E-state index contributed by atoms with van der Waals surface area (Å²) in [4.78, 5) is 17.1. The van der Waals surface area contributed by atoms with Crippen LogP contribution in [0, 0.1) is 11.3 Å². The molecule has 1 N–H and O–H groups in total. The maximum absolute atomic E-state index is 12.4. The van der Waals surface area contributed by atoms with Gasteiger partial charge in [0.2, 0.25) is 5.78 Å². The van der Waals surface area contributed by atoms with Crippen LogP contribution in [0.2, 0.25) is 0 Å². The largest absolute Gasteiger partial charge is 0.493 e. The van der Waals surface area contributed by atoms with Gasteiger partial charge in [0, 0.05) is 37.3 Å². The number of nitrogens with zero attached hydrogens (tertiary/aromatic N) is 2. The molecule has 0 amide bonds. The fourth-order valence-electron chi connectivity index (χ4n) is 2.12. The van der Waals surface area contributed by atoms with Crippen LogP contribution in [0.5, 0.6) is 11.5 Å². The summed E-state index contributed by atoms with van der Waals surface area (Å²) >= 11 is 0. The predicted molar refractivity (Wildman–Crippen MR) is 83.1 cm³/mol. The number of aromatic nitrogens is 1. The number of H-pyrrole nitrogens is 1. The van der Waals surface area contributed by atoms with E-state index < -0.39 is 0 Å². The van der Waals surface area contributed by atoms with Gasteiger partial charge in [0.15, 0.2) is 11.5 Å². The lowest BCUT2D eigenvalue weighted by molar-refractivity contribution is 0.103. The highest BCUT2D eigenvalue weighted by Crippen LogP contribution is 2.32. The molecule has 2 aromatic rings. The van der Waals surface area contributed by atoms with Crippen LogP contribution in [0.3, 0.4) is 0 Å². The number of hydrogen-bond acceptors (Lipinski definition) is 5. The van der Waals surface area contributed by atoms with Crippen molar-refractivity contribution in [3.63, 3.8) is 0 Å². The molecule has 1 aromatic carbocycles. The molecule has 0 aliphatic heterocycles. The number of carbonyl (C=O) groups excluding carboxylic acids is 1. The van der Waals surface area contributed by atoms with Gasteiger partial charge in [-0.25, -0.2) is 0 Å². The lowest BCUT2D eigenvalue weighted by Gasteiger charge is -2.06. The van der Waals surface area contributed by atoms with Crippen molar-refractivity contribution in [1.29, 1.82) is 5.26 Å². The van der Waals surface area contributed by atoms with E-state index >= 15 is 0 Å². The van der Waals surface area contributed by atoms with E-state index in [1.165, 1.54) is 6.20 Å². The molecular weight excluding hydrogens is 282 g/mol. The van der Waals surface area contributed by atoms with E-state index in [-0.39, 0.29) is 11.4 Å². The molecule has 0 atom stereocenters. The third-order valence-corrected chi connectivity index (χ3v) is 3.12. The van der Waals surface area contributed by atoms with Crippen LogP contribution in [0.4, 0.5) is 0 Å². The van der Waals surface area contributed by atoms with Crippen molar-refractivity contribution in [3.8, 4) is 17.6 Å². The zero-order valence-electron chi connectivity index (χ0n) is 12.9. The topological polar surface area (TPSA) is 78.4 Å². The minimum absolute atomic E-state index is 0.0653. The minimum Gasteiger partial charge on any atom is -0.493 e. The third-order valence-electron chi connectivity index (χ3n) is 3.12. The molecule has 0 aliphatic rings. The predicted octanol–water partition coefficient (Wildman–Crippen LogP) is 2.34. The number of allylic oxidation sites excluding steroid dienone is 1. The highest BCUT2D eigenvalue weighted by atomic mass is 16.5. The first-order chi connectivity index (χ1) is 10.5. The molecule has 0 saturated carbocycles. The normalized spacial score (nSPS) is 11.1. The Bertz CT molecular complexity index is 741. The van der Waals surface area contributed by atoms with Crippen molar-refractivity contribution in [2.45, 2.75) is 0 Å². The number of ether oxygens (including phenoxy) is 2. The van der Waals surface area contributed by atoms with Crippen molar-refractivity contribution >= 4 is 16.7 Å². The third kappa shape index (κ3) is 2.88. The number of hydrogen-bond donors (Lipinski definition) is 1. The first-order valence-corrected chi connectivity index (χ1v) is 6.58. The van der Waals surface area contributed by atoms with Gasteiger partial charge in [-0.15, -0.1) is 0 Å². The van der Waals surface area contributed by atoms with E-state index in [4.69, 9.17) is 14.7 Å². The van der Waals surface area contributed by atoms with E-state index in [9.17, 15) is 4.79 Å². The number of nitriles is 1. The van der Waals surface area contributed by atoms with Crippen LogP contribution in [0.1, 0.15) is 10.5 Å². The molecule has 1 heterocycles. The lowest BCUT2D eigenvalue weighted by Crippen LogP contribution is -2.09. The lowest BCUT2D eigenvalue weighted by atomic mass is 10.1. The van der Waals surface area contributed by atoms with Gasteiger partial charge in [0.05, 0.1) is 19.9 Å². The van der Waals surface area contributed by atoms with Crippen molar-refractivity contribution < 1.29 is 14.3 Å². The monoisotopic (exact) mass is 299 g/mol. The van der Waals surface area contributed by atoms with Crippen molar-refractivity contribution in [3.05, 3.63) is 35.7 Å². The molecule has 0 saturated heterocycles. The molecule has 0 bridgehead atoms. The molecule has 0 aliphatic carbocycles. The summed E-state index contributed by atoms with van der Waals surface area (Å²) in [5, 5.41) is 9.93. The van der Waals surface area contributed by atoms with Gasteiger partial charge >= 0.3 is 0 Å². The molecule has 0 unspecified atom stereocenters. The summed E-state index contributed by atoms with van der Waals surface area (Å²) < 4.78 is 10.5. The Morgan fingerprint density at radius 1 is 1.23 bits per heavy atom. The number of aromatic amines is 1. The number of rotatable bonds is 5. The Kier molecular flexibility index (Phi) is 4.37. The summed E-state index contributed by atoms with van der Waals surface area (Å²) in [6.45, 7) is 0. The van der Waals surface area contributed by atoms with E-state index in [0.717, 1.165) is 10.9 Å². The first kappa shape index (κ1) is 15.4. The van der Waals surface area contributed by atoms with Crippen LogP contribution in [0.15, 0.2) is 30.0 Å². The first-order valence-electron chi connectivity index (χ1n) is 6.58. The zero-order chi connectivity index (χ0) is 16.3. The Labute approximate surface area is 128 Å². The second kappa shape index (κ2) is 6.22. The standard InChI is InChI=1S/C16H17N3O3/c1-19(2)9-11(8-17)16(20)13-5-10-6-14(21-3)15(22-4)7-12(10)18-13/h5-7,9,18H,1-4H3/b11-9+. The Hall–Kier alpha value is -2.94. The quantitative estimate of drug-likeness (QED) is 0.521. The number of nitrogens with one attached hydrogen (secondary N) is 1. The molecule has 6 heteroatoms. The maximum atomic E-state index is 12.4. The number of ketones is 1. The number of fused-ring (bicyclic) bond motifs is 1. The molecule has 0 radical (unpaired) electrons. The Morgan fingerprint density at radius 3 is 2.41 bits per heavy atom. The van der Waals surface area contributed by atoms with Crippen LogP contribution < -0.4 is 9.47 Å². The zero-order valence-corrected chi connectivity index (χ0v) is 12.9. The second-order valence-electron chi connectivity index (χ2n) is 4.92. The summed E-state index contributed by atoms with van der Waals surface area (Å²) in [6.07, 6.45) is 1.50. The minimum atomic E-state index is -0.356. The SMILES string of the molecule is COc1cc2cc(C(=O)/C(C#N)=C/N(C)C)[nH]c2cc1OC. The van der Waals surface area contributed by atoms with Gasteiger partial charge in [-0.3, -0.25) is 4.79 Å². The molecule has 0 fully saturated rings. The Balaban J connectivity index is 2.50. The van der Waals surface area contributed by atoms with E-state index in [1.807, 2.05) is 6.07 Å². The van der Waals surface area contributed by atoms with Gasteiger partial charge in [-0.2, -0.15) is 5.26 Å². The molecule has 2 rings (SSSR count). The van der Waals surface area contributed by atoms with Crippen LogP contribution in [-0.2, 0) is 0 Å². The number of benzene rings is 1. The average Bonchev–Trinajstić information content (AvgIpc) is 2.92. The summed E-state index contributed by atoms with van der Waals surface area (Å²) in [6, 6.07) is 7.15. The van der Waals surface area contributed by atoms with Crippen LogP contribution in [-0.4, -0.2) is 44.0 Å². The van der Waals surface area contributed by atoms with E-state index in [0.29, 0.717) is 17.2 Å². The van der Waals surface area contributed by atoms with Crippen molar-refractivity contribution in [2.24, 2.45) is 0 Å². The maximum Gasteiger partial charge on any atom is 0.221 e. The summed E-state index contributed by atoms with van der Waals surface area (Å²) in [5.41, 5.74) is 1.15. The van der Waals surface area contributed by atoms with Crippen molar-refractivity contribution in [1.82, 2.24) is 9.88 Å². The number of carbonyl (C=O) groups is 1. The van der Waals surface area contributed by atoms with Crippen molar-refractivity contribution in [2.75, 3.05) is 28.3 Å². The van der Waals surface area contributed by atoms with E-state index in [2.05, 4.69) is 4.98 Å². The van der Waals surface area contributed by atoms with Gasteiger partial charge in [0.25, 0.3) is 0 Å². The summed E-state index contributed by atoms with van der Waals surface area (Å²) in [5.74, 6) is 0.794. The van der Waals surface area contributed by atoms with Crippen LogP contribution >= 0.6 is 0 Å². The molecule has 6 nitrogen and oxygen atoms in total. The second-order valence-corrected chi connectivity index (χ2v) is 4.92. The van der Waals surface area contributed by atoms with Gasteiger partial charge in [-0.05, 0) is 12.1 Å². The fourth-order valence-corrected chi connectivity index (χ4v) is 2.12. The summed E-state index contributed by atoms with van der Waals surface area (Å²) in [7, 11) is 6.61. The van der Waals surface area contributed by atoms with Gasteiger partial charge in [-0.1, -0.05) is 0 Å². The number of Topliss-reactive ketones (excluding diaryl/α,β-unsaturated/α-hetero) is 1. The smallest absolute Gasteiger partial charge is 0.221 e. The molecule has 0 spiro atoms. The number of methoxy groups -OCH3 is 2. The van der Waals surface area contributed by atoms with Crippen LogP contribution in [0.25, 0.3) is 10.9 Å². The van der Waals surface area contributed by atoms with Gasteiger partial charge in [0.1, 0.15) is 11.6 Å². The average molecular weight is 299 g/mol. The van der Waals surface area contributed by atoms with E-state index in [1.54, 1.807) is 51.4 Å². The Morgan fingerprint density at radius 2 is 1.86 bits per heavy atom. The molecule has 1 aromatic heterocycles. The fraction of sp³-hybridized carbons (Fsp3) is 0.250. The van der Waals surface area contributed by atoms with Gasteiger partial charge < -0.3 is 19.4 Å².